The van der Waals surface area contributed by atoms with Crippen LogP contribution in [0.2, 0.25) is 0 Å². The summed E-state index contributed by atoms with van der Waals surface area (Å²) >= 11 is 0. The first-order valence-corrected chi connectivity index (χ1v) is 6.13. The lowest BCUT2D eigenvalue weighted by Crippen LogP contribution is -2.16. The first-order valence-electron chi connectivity index (χ1n) is 6.13. The van der Waals surface area contributed by atoms with E-state index < -0.39 is 5.91 Å². The zero-order chi connectivity index (χ0) is 13.6. The van der Waals surface area contributed by atoms with Crippen molar-refractivity contribution in [1.82, 2.24) is 19.7 Å². The van der Waals surface area contributed by atoms with E-state index in [1.807, 2.05) is 6.92 Å². The van der Waals surface area contributed by atoms with Crippen molar-refractivity contribution in [3.05, 3.63) is 23.0 Å². The van der Waals surface area contributed by atoms with Crippen LogP contribution in [0.4, 0.5) is 5.95 Å². The van der Waals surface area contributed by atoms with Gasteiger partial charge in [-0.3, -0.25) is 9.48 Å². The minimum absolute atomic E-state index is 0.219. The standard InChI is InChI=1S/C12H14N6O/c1-2-18-10-7(9(17-18)11(13)19)4-3-6-5-15-12(14)16-8(6)10/h5H,2-4H2,1H3,(H2,13,19)(H2,14,15,16). The van der Waals surface area contributed by atoms with Crippen molar-refractivity contribution in [2.24, 2.45) is 5.73 Å². The van der Waals surface area contributed by atoms with Crippen LogP contribution in [0.25, 0.3) is 11.4 Å². The summed E-state index contributed by atoms with van der Waals surface area (Å²) in [4.78, 5) is 19.8. The van der Waals surface area contributed by atoms with Crippen molar-refractivity contribution in [2.75, 3.05) is 5.73 Å². The van der Waals surface area contributed by atoms with Gasteiger partial charge < -0.3 is 11.5 Å². The molecule has 3 rings (SSSR count). The Hall–Kier alpha value is -2.44. The Balaban J connectivity index is 2.30. The predicted octanol–water partition coefficient (Wildman–Crippen LogP) is 0.140. The van der Waals surface area contributed by atoms with E-state index in [1.54, 1.807) is 10.9 Å². The molecule has 0 saturated heterocycles. The number of aromatic nitrogens is 4. The number of anilines is 1. The van der Waals surface area contributed by atoms with Gasteiger partial charge in [-0.15, -0.1) is 0 Å². The first kappa shape index (κ1) is 11.6. The number of primary amides is 1. The van der Waals surface area contributed by atoms with Crippen LogP contribution in [0, 0.1) is 0 Å². The van der Waals surface area contributed by atoms with Crippen LogP contribution in [0.1, 0.15) is 28.5 Å². The van der Waals surface area contributed by atoms with Gasteiger partial charge in [-0.25, -0.2) is 9.97 Å². The molecular formula is C12H14N6O. The fourth-order valence-electron chi connectivity index (χ4n) is 2.50. The van der Waals surface area contributed by atoms with Gasteiger partial charge in [0.25, 0.3) is 5.91 Å². The van der Waals surface area contributed by atoms with Crippen LogP contribution in [-0.2, 0) is 19.4 Å². The van der Waals surface area contributed by atoms with Crippen LogP contribution in [0.15, 0.2) is 6.20 Å². The molecule has 0 radical (unpaired) electrons. The molecule has 0 saturated carbocycles. The smallest absolute Gasteiger partial charge is 0.269 e. The monoisotopic (exact) mass is 258 g/mol. The third kappa shape index (κ3) is 1.66. The molecular weight excluding hydrogens is 244 g/mol. The Kier molecular flexibility index (Phi) is 2.48. The number of nitrogens with zero attached hydrogens (tertiary/aromatic N) is 4. The molecule has 0 bridgehead atoms. The van der Waals surface area contributed by atoms with E-state index in [-0.39, 0.29) is 5.95 Å². The fraction of sp³-hybridized carbons (Fsp3) is 0.333. The highest BCUT2D eigenvalue weighted by molar-refractivity contribution is 5.94. The van der Waals surface area contributed by atoms with Crippen molar-refractivity contribution in [1.29, 1.82) is 0 Å². The molecule has 1 amide bonds. The number of rotatable bonds is 2. The summed E-state index contributed by atoms with van der Waals surface area (Å²) in [5.41, 5.74) is 14.9. The second kappa shape index (κ2) is 4.04. The predicted molar refractivity (Wildman–Crippen MR) is 69.3 cm³/mol. The van der Waals surface area contributed by atoms with E-state index >= 15 is 0 Å². The molecule has 1 aliphatic rings. The van der Waals surface area contributed by atoms with E-state index in [1.165, 1.54) is 0 Å². The van der Waals surface area contributed by atoms with Crippen LogP contribution in [0.5, 0.6) is 0 Å². The molecule has 0 fully saturated rings. The Bertz CT molecular complexity index is 675. The normalized spacial score (nSPS) is 12.9. The number of hydrogen-bond donors (Lipinski definition) is 2. The van der Waals surface area contributed by atoms with Crippen molar-refractivity contribution in [3.8, 4) is 11.4 Å². The average Bonchev–Trinajstić information content (AvgIpc) is 2.77. The Morgan fingerprint density at radius 3 is 2.95 bits per heavy atom. The third-order valence-electron chi connectivity index (χ3n) is 3.34. The van der Waals surface area contributed by atoms with Gasteiger partial charge in [0.2, 0.25) is 5.95 Å². The van der Waals surface area contributed by atoms with E-state index in [0.717, 1.165) is 28.9 Å². The highest BCUT2D eigenvalue weighted by atomic mass is 16.1. The van der Waals surface area contributed by atoms with Crippen molar-refractivity contribution in [3.63, 3.8) is 0 Å². The van der Waals surface area contributed by atoms with Crippen LogP contribution < -0.4 is 11.5 Å². The van der Waals surface area contributed by atoms with E-state index in [9.17, 15) is 4.79 Å². The molecule has 98 valence electrons. The highest BCUT2D eigenvalue weighted by Crippen LogP contribution is 2.33. The maximum Gasteiger partial charge on any atom is 0.269 e. The number of nitrogen functional groups attached to an aromatic ring is 1. The second-order valence-electron chi connectivity index (χ2n) is 4.46. The molecule has 0 aliphatic heterocycles. The number of fused-ring (bicyclic) bond motifs is 3. The number of aryl methyl sites for hydroxylation is 2. The van der Waals surface area contributed by atoms with Crippen molar-refractivity contribution >= 4 is 11.9 Å². The Labute approximate surface area is 109 Å². The summed E-state index contributed by atoms with van der Waals surface area (Å²) in [6.07, 6.45) is 3.21. The molecule has 2 aromatic heterocycles. The highest BCUT2D eigenvalue weighted by Gasteiger charge is 2.28. The number of carbonyl (C=O) groups is 1. The zero-order valence-corrected chi connectivity index (χ0v) is 10.6. The quantitative estimate of drug-likeness (QED) is 0.795. The van der Waals surface area contributed by atoms with Gasteiger partial charge in [-0.1, -0.05) is 0 Å². The third-order valence-corrected chi connectivity index (χ3v) is 3.34. The molecule has 1 aliphatic carbocycles. The van der Waals surface area contributed by atoms with Gasteiger partial charge >= 0.3 is 0 Å². The number of nitrogens with two attached hydrogens (primary N) is 2. The van der Waals surface area contributed by atoms with Crippen LogP contribution >= 0.6 is 0 Å². The van der Waals surface area contributed by atoms with Crippen LogP contribution in [-0.4, -0.2) is 25.7 Å². The van der Waals surface area contributed by atoms with E-state index in [2.05, 4.69) is 15.1 Å². The van der Waals surface area contributed by atoms with Crippen LogP contribution in [0.3, 0.4) is 0 Å². The minimum atomic E-state index is -0.506. The largest absolute Gasteiger partial charge is 0.368 e. The molecule has 2 heterocycles. The summed E-state index contributed by atoms with van der Waals surface area (Å²) in [6, 6.07) is 0. The van der Waals surface area contributed by atoms with Gasteiger partial charge in [-0.05, 0) is 25.3 Å². The fourth-order valence-corrected chi connectivity index (χ4v) is 2.50. The minimum Gasteiger partial charge on any atom is -0.368 e. The summed E-state index contributed by atoms with van der Waals surface area (Å²) in [5, 5.41) is 4.28. The Morgan fingerprint density at radius 1 is 1.47 bits per heavy atom. The van der Waals surface area contributed by atoms with Crippen molar-refractivity contribution < 1.29 is 4.79 Å². The van der Waals surface area contributed by atoms with Crippen molar-refractivity contribution in [2.45, 2.75) is 26.3 Å². The SMILES string of the molecule is CCn1nc(C(N)=O)c2c1-c1nc(N)ncc1CC2. The van der Waals surface area contributed by atoms with Gasteiger partial charge in [0.05, 0.1) is 11.4 Å². The van der Waals surface area contributed by atoms with E-state index in [4.69, 9.17) is 11.5 Å². The number of hydrogen-bond acceptors (Lipinski definition) is 5. The molecule has 2 aromatic rings. The van der Waals surface area contributed by atoms with Gasteiger partial charge in [0.1, 0.15) is 0 Å². The molecule has 0 spiro atoms. The summed E-state index contributed by atoms with van der Waals surface area (Å²) in [7, 11) is 0. The van der Waals surface area contributed by atoms with Gasteiger partial charge in [0, 0.05) is 18.3 Å². The van der Waals surface area contributed by atoms with Gasteiger partial charge in [0.15, 0.2) is 5.69 Å². The number of carbonyl (C=O) groups excluding carboxylic acids is 1. The Morgan fingerprint density at radius 2 is 2.26 bits per heavy atom. The molecule has 0 aromatic carbocycles. The maximum atomic E-state index is 11.5. The first-order chi connectivity index (χ1) is 9.11. The van der Waals surface area contributed by atoms with E-state index in [0.29, 0.717) is 18.7 Å². The maximum absolute atomic E-state index is 11.5. The lowest BCUT2D eigenvalue weighted by atomic mass is 9.93. The molecule has 4 N–H and O–H groups in total. The number of amides is 1. The molecule has 0 atom stereocenters. The lowest BCUT2D eigenvalue weighted by Gasteiger charge is -2.16. The molecule has 7 nitrogen and oxygen atoms in total. The van der Waals surface area contributed by atoms with Gasteiger partial charge in [-0.2, -0.15) is 5.10 Å². The lowest BCUT2D eigenvalue weighted by molar-refractivity contribution is 0.0994. The molecule has 7 heteroatoms. The summed E-state index contributed by atoms with van der Waals surface area (Å²) in [6.45, 7) is 2.59. The average molecular weight is 258 g/mol. The summed E-state index contributed by atoms with van der Waals surface area (Å²) in [5.74, 6) is -0.287. The molecule has 19 heavy (non-hydrogen) atoms. The topological polar surface area (TPSA) is 113 Å². The molecule has 0 unspecified atom stereocenters. The second-order valence-corrected chi connectivity index (χ2v) is 4.46. The summed E-state index contributed by atoms with van der Waals surface area (Å²) < 4.78 is 1.75. The zero-order valence-electron chi connectivity index (χ0n) is 10.6.